The molecule has 6 heteroatoms. The van der Waals surface area contributed by atoms with E-state index in [1.165, 1.54) is 10.5 Å². The van der Waals surface area contributed by atoms with E-state index in [1.54, 1.807) is 36.5 Å². The van der Waals surface area contributed by atoms with Gasteiger partial charge in [0.15, 0.2) is 0 Å². The Morgan fingerprint density at radius 1 is 1.24 bits per heavy atom. The Hall–Kier alpha value is -2.99. The second kappa shape index (κ2) is 7.27. The number of pyridine rings is 1. The van der Waals surface area contributed by atoms with Gasteiger partial charge < -0.3 is 9.84 Å². The number of benzene rings is 1. The normalized spacial score (nSPS) is 12.1. The standard InChI is InChI=1S/C19H18N2O4/c1-13-7-8-17-20-15(9-18(23)21(17)11-13)12-25-19(24)10-16(22)14-5-3-2-4-6-14/h2-9,11,16,22H,10,12H2,1H3/t16-/m0/s1. The molecule has 0 aliphatic carbocycles. The summed E-state index contributed by atoms with van der Waals surface area (Å²) in [5.74, 6) is -0.553. The fourth-order valence-electron chi connectivity index (χ4n) is 2.50. The molecule has 0 fully saturated rings. The van der Waals surface area contributed by atoms with Crippen LogP contribution in [0, 0.1) is 6.92 Å². The molecule has 1 N–H and O–H groups in total. The fraction of sp³-hybridized carbons (Fsp3) is 0.211. The minimum absolute atomic E-state index is 0.111. The average Bonchev–Trinajstić information content (AvgIpc) is 2.61. The van der Waals surface area contributed by atoms with Gasteiger partial charge in [-0.1, -0.05) is 36.4 Å². The molecule has 1 atom stereocenters. The van der Waals surface area contributed by atoms with Crippen LogP contribution in [-0.2, 0) is 16.1 Å². The molecule has 0 aliphatic rings. The summed E-state index contributed by atoms with van der Waals surface area (Å²) in [4.78, 5) is 28.3. The van der Waals surface area contributed by atoms with Gasteiger partial charge in [-0.3, -0.25) is 14.0 Å². The van der Waals surface area contributed by atoms with Gasteiger partial charge in [-0.25, -0.2) is 4.98 Å². The third-order valence-electron chi connectivity index (χ3n) is 3.79. The molecule has 2 aromatic heterocycles. The Morgan fingerprint density at radius 3 is 2.76 bits per heavy atom. The van der Waals surface area contributed by atoms with Crippen molar-refractivity contribution in [2.75, 3.05) is 0 Å². The first-order chi connectivity index (χ1) is 12.0. The Bertz CT molecular complexity index is 951. The summed E-state index contributed by atoms with van der Waals surface area (Å²) in [6, 6.07) is 13.8. The van der Waals surface area contributed by atoms with Crippen molar-refractivity contribution in [3.8, 4) is 0 Å². The van der Waals surface area contributed by atoms with E-state index in [0.29, 0.717) is 16.9 Å². The maximum Gasteiger partial charge on any atom is 0.309 e. The maximum absolute atomic E-state index is 12.1. The molecule has 3 aromatic rings. The Morgan fingerprint density at radius 2 is 2.00 bits per heavy atom. The van der Waals surface area contributed by atoms with Crippen molar-refractivity contribution in [1.29, 1.82) is 0 Å². The van der Waals surface area contributed by atoms with Crippen LogP contribution in [0.3, 0.4) is 0 Å². The number of aliphatic hydroxyl groups excluding tert-OH is 1. The molecular formula is C19H18N2O4. The number of nitrogens with zero attached hydrogens (tertiary/aromatic N) is 2. The predicted molar refractivity (Wildman–Crippen MR) is 92.0 cm³/mol. The lowest BCUT2D eigenvalue weighted by atomic mass is 10.1. The summed E-state index contributed by atoms with van der Waals surface area (Å²) in [5, 5.41) is 10.0. The summed E-state index contributed by atoms with van der Waals surface area (Å²) < 4.78 is 6.58. The fourth-order valence-corrected chi connectivity index (χ4v) is 2.50. The van der Waals surface area contributed by atoms with Gasteiger partial charge in [0.2, 0.25) is 0 Å². The van der Waals surface area contributed by atoms with Gasteiger partial charge in [-0.2, -0.15) is 0 Å². The zero-order chi connectivity index (χ0) is 17.8. The van der Waals surface area contributed by atoms with Crippen LogP contribution in [0.5, 0.6) is 0 Å². The Balaban J connectivity index is 1.65. The van der Waals surface area contributed by atoms with E-state index in [1.807, 2.05) is 19.1 Å². The van der Waals surface area contributed by atoms with Gasteiger partial charge in [0.25, 0.3) is 5.56 Å². The van der Waals surface area contributed by atoms with Crippen molar-refractivity contribution in [2.24, 2.45) is 0 Å². The Labute approximate surface area is 144 Å². The Kier molecular flexibility index (Phi) is 4.90. The van der Waals surface area contributed by atoms with Gasteiger partial charge in [-0.05, 0) is 24.1 Å². The van der Waals surface area contributed by atoms with Gasteiger partial charge in [0, 0.05) is 12.3 Å². The number of rotatable bonds is 5. The van der Waals surface area contributed by atoms with Crippen LogP contribution in [0.15, 0.2) is 59.5 Å². The van der Waals surface area contributed by atoms with Crippen LogP contribution < -0.4 is 5.56 Å². The number of hydrogen-bond donors (Lipinski definition) is 1. The minimum atomic E-state index is -0.924. The van der Waals surface area contributed by atoms with Crippen LogP contribution in [-0.4, -0.2) is 20.5 Å². The molecule has 3 rings (SSSR count). The molecule has 0 radical (unpaired) electrons. The minimum Gasteiger partial charge on any atom is -0.459 e. The summed E-state index contributed by atoms with van der Waals surface area (Å²) in [5.41, 5.74) is 2.23. The van der Waals surface area contributed by atoms with E-state index in [0.717, 1.165) is 5.56 Å². The van der Waals surface area contributed by atoms with E-state index in [-0.39, 0.29) is 18.6 Å². The molecular weight excluding hydrogens is 320 g/mol. The van der Waals surface area contributed by atoms with Crippen LogP contribution in [0.1, 0.15) is 29.3 Å². The van der Waals surface area contributed by atoms with Gasteiger partial charge in [0.1, 0.15) is 12.3 Å². The molecule has 128 valence electrons. The zero-order valence-electron chi connectivity index (χ0n) is 13.8. The molecule has 0 spiro atoms. The first-order valence-electron chi connectivity index (χ1n) is 7.90. The largest absolute Gasteiger partial charge is 0.459 e. The first kappa shape index (κ1) is 16.9. The molecule has 2 heterocycles. The summed E-state index contributed by atoms with van der Waals surface area (Å²) in [6.45, 7) is 1.78. The summed E-state index contributed by atoms with van der Waals surface area (Å²) in [7, 11) is 0. The van der Waals surface area contributed by atoms with Gasteiger partial charge in [-0.15, -0.1) is 0 Å². The maximum atomic E-state index is 12.1. The number of aromatic nitrogens is 2. The topological polar surface area (TPSA) is 80.9 Å². The molecule has 0 saturated carbocycles. The van der Waals surface area contributed by atoms with Crippen molar-refractivity contribution in [3.05, 3.63) is 81.9 Å². The number of aliphatic hydroxyl groups is 1. The number of carbonyl (C=O) groups excluding carboxylic acids is 1. The van der Waals surface area contributed by atoms with Crippen molar-refractivity contribution in [1.82, 2.24) is 9.38 Å². The van der Waals surface area contributed by atoms with E-state index < -0.39 is 12.1 Å². The predicted octanol–water partition coefficient (Wildman–Crippen LogP) is 2.17. The van der Waals surface area contributed by atoms with Crippen molar-refractivity contribution in [2.45, 2.75) is 26.1 Å². The lowest BCUT2D eigenvalue weighted by molar-refractivity contribution is -0.147. The monoisotopic (exact) mass is 338 g/mol. The first-order valence-corrected chi connectivity index (χ1v) is 7.90. The second-order valence-electron chi connectivity index (χ2n) is 5.81. The number of ether oxygens (including phenoxy) is 1. The van der Waals surface area contributed by atoms with Crippen LogP contribution in [0.2, 0.25) is 0 Å². The lowest BCUT2D eigenvalue weighted by Crippen LogP contribution is -2.17. The number of carbonyl (C=O) groups is 1. The highest BCUT2D eigenvalue weighted by Crippen LogP contribution is 2.16. The molecule has 0 aliphatic heterocycles. The average molecular weight is 338 g/mol. The lowest BCUT2D eigenvalue weighted by Gasteiger charge is -2.11. The summed E-state index contributed by atoms with van der Waals surface area (Å²) >= 11 is 0. The molecule has 0 amide bonds. The second-order valence-corrected chi connectivity index (χ2v) is 5.81. The quantitative estimate of drug-likeness (QED) is 0.721. The van der Waals surface area contributed by atoms with E-state index in [4.69, 9.17) is 4.74 Å². The number of esters is 1. The summed E-state index contributed by atoms with van der Waals surface area (Å²) in [6.07, 6.45) is 0.624. The molecule has 6 nitrogen and oxygen atoms in total. The van der Waals surface area contributed by atoms with E-state index in [9.17, 15) is 14.7 Å². The van der Waals surface area contributed by atoms with Gasteiger partial charge >= 0.3 is 5.97 Å². The zero-order valence-corrected chi connectivity index (χ0v) is 13.8. The van der Waals surface area contributed by atoms with Crippen LogP contribution in [0.4, 0.5) is 0 Å². The van der Waals surface area contributed by atoms with Crippen LogP contribution in [0.25, 0.3) is 5.65 Å². The molecule has 25 heavy (non-hydrogen) atoms. The highest BCUT2D eigenvalue weighted by molar-refractivity contribution is 5.70. The van der Waals surface area contributed by atoms with E-state index >= 15 is 0 Å². The third kappa shape index (κ3) is 4.10. The number of aryl methyl sites for hydroxylation is 1. The highest BCUT2D eigenvalue weighted by Gasteiger charge is 2.14. The molecule has 0 bridgehead atoms. The van der Waals surface area contributed by atoms with Gasteiger partial charge in [0.05, 0.1) is 18.2 Å². The third-order valence-corrected chi connectivity index (χ3v) is 3.79. The number of fused-ring (bicyclic) bond motifs is 1. The van der Waals surface area contributed by atoms with Crippen molar-refractivity contribution >= 4 is 11.6 Å². The highest BCUT2D eigenvalue weighted by atomic mass is 16.5. The SMILES string of the molecule is Cc1ccc2nc(COC(=O)C[C@H](O)c3ccccc3)cc(=O)n2c1. The van der Waals surface area contributed by atoms with Crippen molar-refractivity contribution < 1.29 is 14.6 Å². The number of hydrogen-bond acceptors (Lipinski definition) is 5. The van der Waals surface area contributed by atoms with E-state index in [2.05, 4.69) is 4.98 Å². The van der Waals surface area contributed by atoms with Crippen molar-refractivity contribution in [3.63, 3.8) is 0 Å². The van der Waals surface area contributed by atoms with Crippen LogP contribution >= 0.6 is 0 Å². The smallest absolute Gasteiger partial charge is 0.309 e. The molecule has 0 unspecified atom stereocenters. The molecule has 1 aromatic carbocycles. The molecule has 0 saturated heterocycles.